The van der Waals surface area contributed by atoms with Crippen molar-refractivity contribution in [2.75, 3.05) is 25.0 Å². The van der Waals surface area contributed by atoms with E-state index in [1.54, 1.807) is 30.5 Å². The third kappa shape index (κ3) is 5.11. The van der Waals surface area contributed by atoms with E-state index in [1.807, 2.05) is 18.2 Å². The van der Waals surface area contributed by atoms with Gasteiger partial charge in [0, 0.05) is 19.3 Å². The van der Waals surface area contributed by atoms with Crippen molar-refractivity contribution in [1.82, 2.24) is 15.6 Å². The van der Waals surface area contributed by atoms with Gasteiger partial charge in [0.2, 0.25) is 5.91 Å². The molecule has 1 saturated heterocycles. The molecule has 26 heavy (non-hydrogen) atoms. The lowest BCUT2D eigenvalue weighted by Crippen LogP contribution is -2.40. The molecule has 0 bridgehead atoms. The summed E-state index contributed by atoms with van der Waals surface area (Å²) in [6.45, 7) is 2.38. The van der Waals surface area contributed by atoms with Crippen molar-refractivity contribution in [1.29, 1.82) is 0 Å². The summed E-state index contributed by atoms with van der Waals surface area (Å²) in [7, 11) is 0. The molecule has 0 saturated carbocycles. The summed E-state index contributed by atoms with van der Waals surface area (Å²) in [6.07, 6.45) is 1.78. The molecular formula is C19H22N4O3. The van der Waals surface area contributed by atoms with Crippen LogP contribution in [0.5, 0.6) is 0 Å². The number of para-hydroxylation sites is 1. The van der Waals surface area contributed by atoms with Crippen LogP contribution in [-0.2, 0) is 16.1 Å². The Morgan fingerprint density at radius 1 is 1.19 bits per heavy atom. The highest BCUT2D eigenvalue weighted by molar-refractivity contribution is 6.03. The molecule has 1 fully saturated rings. The number of nitrogens with one attached hydrogen (secondary N) is 3. The fourth-order valence-electron chi connectivity index (χ4n) is 2.72. The molecule has 3 N–H and O–H groups in total. The molecular weight excluding hydrogens is 332 g/mol. The average Bonchev–Trinajstić information content (AvgIpc) is 2.68. The maximum Gasteiger partial charge on any atom is 0.253 e. The molecule has 1 aromatic carbocycles. The minimum Gasteiger partial charge on any atom is -0.375 e. The average molecular weight is 354 g/mol. The highest BCUT2D eigenvalue weighted by Gasteiger charge is 2.19. The van der Waals surface area contributed by atoms with Gasteiger partial charge in [0.05, 0.1) is 42.6 Å². The van der Waals surface area contributed by atoms with Gasteiger partial charge in [-0.3, -0.25) is 14.6 Å². The number of aromatic nitrogens is 1. The molecule has 136 valence electrons. The maximum atomic E-state index is 12.5. The van der Waals surface area contributed by atoms with Crippen molar-refractivity contribution in [2.45, 2.75) is 19.1 Å². The van der Waals surface area contributed by atoms with Gasteiger partial charge in [-0.25, -0.2) is 0 Å². The zero-order chi connectivity index (χ0) is 18.2. The van der Waals surface area contributed by atoms with E-state index in [4.69, 9.17) is 4.74 Å². The summed E-state index contributed by atoms with van der Waals surface area (Å²) in [6, 6.07) is 12.5. The van der Waals surface area contributed by atoms with Gasteiger partial charge in [0.25, 0.3) is 5.91 Å². The van der Waals surface area contributed by atoms with Gasteiger partial charge in [-0.1, -0.05) is 18.2 Å². The first-order valence-corrected chi connectivity index (χ1v) is 8.61. The number of amides is 2. The Bertz CT molecular complexity index is 745. The smallest absolute Gasteiger partial charge is 0.253 e. The molecule has 0 spiro atoms. The summed E-state index contributed by atoms with van der Waals surface area (Å²) in [5.74, 6) is -0.439. The Morgan fingerprint density at radius 3 is 2.81 bits per heavy atom. The first-order chi connectivity index (χ1) is 12.7. The summed E-state index contributed by atoms with van der Waals surface area (Å²) < 4.78 is 5.54. The lowest BCUT2D eigenvalue weighted by atomic mass is 10.1. The number of carbonyl (C=O) groups excluding carboxylic acids is 2. The van der Waals surface area contributed by atoms with E-state index < -0.39 is 0 Å². The summed E-state index contributed by atoms with van der Waals surface area (Å²) in [4.78, 5) is 28.9. The van der Waals surface area contributed by atoms with Gasteiger partial charge in [-0.15, -0.1) is 0 Å². The Balaban J connectivity index is 1.59. The lowest BCUT2D eigenvalue weighted by molar-refractivity contribution is -0.119. The van der Waals surface area contributed by atoms with Crippen LogP contribution in [-0.4, -0.2) is 42.6 Å². The monoisotopic (exact) mass is 354 g/mol. The molecule has 2 amide bonds. The summed E-state index contributed by atoms with van der Waals surface area (Å²) >= 11 is 0. The first kappa shape index (κ1) is 18.0. The predicted octanol–water partition coefficient (Wildman–Crippen LogP) is 1.33. The van der Waals surface area contributed by atoms with Crippen LogP contribution in [0.1, 0.15) is 22.5 Å². The second-order valence-corrected chi connectivity index (χ2v) is 6.00. The molecule has 1 aromatic heterocycles. The molecule has 1 aliphatic rings. The van der Waals surface area contributed by atoms with E-state index >= 15 is 0 Å². The van der Waals surface area contributed by atoms with E-state index in [9.17, 15) is 9.59 Å². The Hall–Kier alpha value is -2.77. The number of hydrogen-bond donors (Lipinski definition) is 3. The molecule has 7 nitrogen and oxygen atoms in total. The Kier molecular flexibility index (Phi) is 6.29. The van der Waals surface area contributed by atoms with Crippen molar-refractivity contribution in [2.24, 2.45) is 0 Å². The second-order valence-electron chi connectivity index (χ2n) is 6.00. The fourth-order valence-corrected chi connectivity index (χ4v) is 2.72. The minimum atomic E-state index is -0.262. The van der Waals surface area contributed by atoms with Crippen LogP contribution in [0, 0.1) is 0 Å². The van der Waals surface area contributed by atoms with Gasteiger partial charge in [0.15, 0.2) is 0 Å². The number of rotatable bonds is 6. The SMILES string of the molecule is O=C(CC1CNCCO1)Nc1ccccc1C(=O)NCc1ccccn1. The third-order valence-electron chi connectivity index (χ3n) is 4.02. The number of carbonyl (C=O) groups is 2. The van der Waals surface area contributed by atoms with E-state index in [0.29, 0.717) is 30.9 Å². The van der Waals surface area contributed by atoms with E-state index in [-0.39, 0.29) is 24.3 Å². The Labute approximate surface area is 152 Å². The van der Waals surface area contributed by atoms with Gasteiger partial charge in [0.1, 0.15) is 0 Å². The van der Waals surface area contributed by atoms with E-state index in [0.717, 1.165) is 12.2 Å². The maximum absolute atomic E-state index is 12.5. The van der Waals surface area contributed by atoms with Crippen molar-refractivity contribution in [3.8, 4) is 0 Å². The van der Waals surface area contributed by atoms with Crippen molar-refractivity contribution >= 4 is 17.5 Å². The topological polar surface area (TPSA) is 92.4 Å². The summed E-state index contributed by atoms with van der Waals surface area (Å²) in [5.41, 5.74) is 1.67. The first-order valence-electron chi connectivity index (χ1n) is 8.61. The molecule has 0 radical (unpaired) electrons. The van der Waals surface area contributed by atoms with Crippen LogP contribution in [0.15, 0.2) is 48.7 Å². The zero-order valence-electron chi connectivity index (χ0n) is 14.4. The largest absolute Gasteiger partial charge is 0.375 e. The molecule has 7 heteroatoms. The van der Waals surface area contributed by atoms with Crippen LogP contribution in [0.3, 0.4) is 0 Å². The highest BCUT2D eigenvalue weighted by atomic mass is 16.5. The van der Waals surface area contributed by atoms with Crippen molar-refractivity contribution < 1.29 is 14.3 Å². The molecule has 1 atom stereocenters. The van der Waals surface area contributed by atoms with Gasteiger partial charge < -0.3 is 20.7 Å². The van der Waals surface area contributed by atoms with Crippen LogP contribution in [0.2, 0.25) is 0 Å². The lowest BCUT2D eigenvalue weighted by Gasteiger charge is -2.23. The van der Waals surface area contributed by atoms with E-state index in [1.165, 1.54) is 0 Å². The molecule has 2 heterocycles. The quantitative estimate of drug-likeness (QED) is 0.728. The standard InChI is InChI=1S/C19H22N4O3/c24-18(11-15-13-20-9-10-26-15)23-17-7-2-1-6-16(17)19(25)22-12-14-5-3-4-8-21-14/h1-8,15,20H,9-13H2,(H,22,25)(H,23,24). The number of morpholine rings is 1. The molecule has 1 unspecified atom stereocenters. The number of nitrogens with zero attached hydrogens (tertiary/aromatic N) is 1. The normalized spacial score (nSPS) is 16.7. The molecule has 2 aromatic rings. The van der Waals surface area contributed by atoms with E-state index in [2.05, 4.69) is 20.9 Å². The van der Waals surface area contributed by atoms with Crippen LogP contribution in [0.4, 0.5) is 5.69 Å². The number of ether oxygens (including phenoxy) is 1. The second kappa shape index (κ2) is 9.07. The summed E-state index contributed by atoms with van der Waals surface area (Å²) in [5, 5.41) is 8.83. The predicted molar refractivity (Wildman–Crippen MR) is 97.7 cm³/mol. The van der Waals surface area contributed by atoms with Crippen LogP contribution in [0.25, 0.3) is 0 Å². The molecule has 3 rings (SSSR count). The fraction of sp³-hybridized carbons (Fsp3) is 0.316. The van der Waals surface area contributed by atoms with Gasteiger partial charge in [-0.05, 0) is 24.3 Å². The number of benzene rings is 1. The number of anilines is 1. The van der Waals surface area contributed by atoms with Gasteiger partial charge >= 0.3 is 0 Å². The van der Waals surface area contributed by atoms with Crippen molar-refractivity contribution in [3.05, 3.63) is 59.9 Å². The molecule has 1 aliphatic heterocycles. The number of hydrogen-bond acceptors (Lipinski definition) is 5. The van der Waals surface area contributed by atoms with Crippen LogP contribution >= 0.6 is 0 Å². The van der Waals surface area contributed by atoms with Crippen LogP contribution < -0.4 is 16.0 Å². The van der Waals surface area contributed by atoms with Gasteiger partial charge in [-0.2, -0.15) is 0 Å². The Morgan fingerprint density at radius 2 is 2.04 bits per heavy atom. The number of pyridine rings is 1. The highest BCUT2D eigenvalue weighted by Crippen LogP contribution is 2.16. The third-order valence-corrected chi connectivity index (χ3v) is 4.02. The minimum absolute atomic E-state index is 0.145. The molecule has 0 aliphatic carbocycles. The zero-order valence-corrected chi connectivity index (χ0v) is 14.4. The van der Waals surface area contributed by atoms with Crippen molar-refractivity contribution in [3.63, 3.8) is 0 Å².